The molecule has 0 aromatic carbocycles. The summed E-state index contributed by atoms with van der Waals surface area (Å²) < 4.78 is 0. The van der Waals surface area contributed by atoms with E-state index >= 15 is 0 Å². The molecule has 0 spiro atoms. The van der Waals surface area contributed by atoms with Gasteiger partial charge in [0.15, 0.2) is 0 Å². The van der Waals surface area contributed by atoms with E-state index in [0.29, 0.717) is 5.54 Å². The van der Waals surface area contributed by atoms with E-state index in [1.807, 2.05) is 0 Å². The second kappa shape index (κ2) is 5.99. The van der Waals surface area contributed by atoms with Gasteiger partial charge in [-0.3, -0.25) is 4.90 Å². The van der Waals surface area contributed by atoms with Gasteiger partial charge in [-0.15, -0.1) is 0 Å². The van der Waals surface area contributed by atoms with Gasteiger partial charge in [0, 0.05) is 25.2 Å². The average Bonchev–Trinajstić information content (AvgIpc) is 2.19. The normalized spacial score (nSPS) is 26.2. The zero-order valence-electron chi connectivity index (χ0n) is 11.5. The number of hydrogen-bond acceptors (Lipinski definition) is 3. The summed E-state index contributed by atoms with van der Waals surface area (Å²) in [5.74, 6) is 0.820. The van der Waals surface area contributed by atoms with Gasteiger partial charge in [-0.2, -0.15) is 0 Å². The minimum absolute atomic E-state index is 0.376. The molecule has 2 N–H and O–H groups in total. The van der Waals surface area contributed by atoms with Gasteiger partial charge in [-0.1, -0.05) is 0 Å². The average molecular weight is 227 g/mol. The first-order valence-electron chi connectivity index (χ1n) is 6.55. The smallest absolute Gasteiger partial charge is 0.0154 e. The predicted octanol–water partition coefficient (Wildman–Crippen LogP) is 1.39. The van der Waals surface area contributed by atoms with Crippen molar-refractivity contribution in [2.24, 2.45) is 11.7 Å². The molecule has 1 atom stereocenters. The van der Waals surface area contributed by atoms with Crippen molar-refractivity contribution in [2.75, 3.05) is 40.3 Å². The van der Waals surface area contributed by atoms with Crippen molar-refractivity contribution in [3.63, 3.8) is 0 Å². The van der Waals surface area contributed by atoms with Gasteiger partial charge >= 0.3 is 0 Å². The molecule has 0 aliphatic carbocycles. The van der Waals surface area contributed by atoms with E-state index in [2.05, 4.69) is 37.7 Å². The topological polar surface area (TPSA) is 32.5 Å². The summed E-state index contributed by atoms with van der Waals surface area (Å²) >= 11 is 0. The summed E-state index contributed by atoms with van der Waals surface area (Å²) in [6.07, 6.45) is 3.85. The van der Waals surface area contributed by atoms with E-state index < -0.39 is 0 Å². The Bertz CT molecular complexity index is 201. The Morgan fingerprint density at radius 3 is 2.62 bits per heavy atom. The molecular formula is C13H29N3. The lowest BCUT2D eigenvalue weighted by Gasteiger charge is -2.46. The molecule has 1 aliphatic rings. The van der Waals surface area contributed by atoms with Crippen LogP contribution in [-0.4, -0.2) is 55.6 Å². The van der Waals surface area contributed by atoms with E-state index in [1.54, 1.807) is 0 Å². The van der Waals surface area contributed by atoms with Crippen LogP contribution >= 0.6 is 0 Å². The molecule has 1 unspecified atom stereocenters. The molecule has 16 heavy (non-hydrogen) atoms. The maximum Gasteiger partial charge on any atom is 0.0154 e. The number of likely N-dealkylation sites (N-methyl/N-ethyl adjacent to an activating group) is 1. The lowest BCUT2D eigenvalue weighted by molar-refractivity contribution is 0.0384. The highest BCUT2D eigenvalue weighted by Crippen LogP contribution is 2.31. The molecule has 0 bridgehead atoms. The highest BCUT2D eigenvalue weighted by atomic mass is 15.2. The first-order valence-corrected chi connectivity index (χ1v) is 6.55. The summed E-state index contributed by atoms with van der Waals surface area (Å²) in [5.41, 5.74) is 6.04. The van der Waals surface area contributed by atoms with Gasteiger partial charge in [0.1, 0.15) is 0 Å². The van der Waals surface area contributed by atoms with Crippen LogP contribution in [0.5, 0.6) is 0 Å². The molecule has 1 rings (SSSR count). The van der Waals surface area contributed by atoms with Gasteiger partial charge in [-0.05, 0) is 59.7 Å². The Labute approximate surface area is 101 Å². The fourth-order valence-corrected chi connectivity index (χ4v) is 2.55. The van der Waals surface area contributed by atoms with E-state index in [4.69, 9.17) is 5.73 Å². The third-order valence-electron chi connectivity index (χ3n) is 3.89. The van der Waals surface area contributed by atoms with Crippen LogP contribution in [0.2, 0.25) is 0 Å². The van der Waals surface area contributed by atoms with E-state index in [-0.39, 0.29) is 0 Å². The van der Waals surface area contributed by atoms with Crippen LogP contribution in [0.4, 0.5) is 0 Å². The Morgan fingerprint density at radius 1 is 1.38 bits per heavy atom. The Kier molecular flexibility index (Phi) is 5.22. The van der Waals surface area contributed by atoms with Gasteiger partial charge in [0.25, 0.3) is 0 Å². The monoisotopic (exact) mass is 227 g/mol. The number of piperidine rings is 1. The molecule has 1 saturated heterocycles. The molecule has 0 amide bonds. The van der Waals surface area contributed by atoms with Crippen LogP contribution in [0.3, 0.4) is 0 Å². The van der Waals surface area contributed by atoms with Gasteiger partial charge in [0.05, 0.1) is 0 Å². The molecule has 3 heteroatoms. The lowest BCUT2D eigenvalue weighted by atomic mass is 9.83. The van der Waals surface area contributed by atoms with E-state index in [1.165, 1.54) is 32.4 Å². The highest BCUT2D eigenvalue weighted by molar-refractivity contribution is 4.89. The number of nitrogens with two attached hydrogens (primary N) is 1. The zero-order valence-corrected chi connectivity index (χ0v) is 11.5. The standard InChI is InChI=1S/C13H29N3/c1-13(2)7-5-12(6-8-14)11-16(13)10-9-15(3)4/h12H,5-11,14H2,1-4H3. The molecule has 96 valence electrons. The van der Waals surface area contributed by atoms with Crippen molar-refractivity contribution in [1.29, 1.82) is 0 Å². The van der Waals surface area contributed by atoms with Crippen molar-refractivity contribution in [2.45, 2.75) is 38.6 Å². The van der Waals surface area contributed by atoms with Crippen molar-refractivity contribution in [1.82, 2.24) is 9.80 Å². The summed E-state index contributed by atoms with van der Waals surface area (Å²) in [7, 11) is 4.29. The highest BCUT2D eigenvalue weighted by Gasteiger charge is 2.33. The minimum atomic E-state index is 0.376. The largest absolute Gasteiger partial charge is 0.330 e. The quantitative estimate of drug-likeness (QED) is 0.770. The fourth-order valence-electron chi connectivity index (χ4n) is 2.55. The molecule has 0 saturated carbocycles. The van der Waals surface area contributed by atoms with E-state index in [0.717, 1.165) is 19.0 Å². The second-order valence-electron chi connectivity index (χ2n) is 6.04. The van der Waals surface area contributed by atoms with Crippen LogP contribution in [0.25, 0.3) is 0 Å². The van der Waals surface area contributed by atoms with Gasteiger partial charge in [-0.25, -0.2) is 0 Å². The second-order valence-corrected chi connectivity index (χ2v) is 6.04. The van der Waals surface area contributed by atoms with Crippen molar-refractivity contribution < 1.29 is 0 Å². The molecule has 1 heterocycles. The van der Waals surface area contributed by atoms with Gasteiger partial charge in [0.2, 0.25) is 0 Å². The predicted molar refractivity (Wildman–Crippen MR) is 70.6 cm³/mol. The van der Waals surface area contributed by atoms with Crippen molar-refractivity contribution in [3.05, 3.63) is 0 Å². The summed E-state index contributed by atoms with van der Waals surface area (Å²) in [5, 5.41) is 0. The van der Waals surface area contributed by atoms with Crippen LogP contribution in [0.15, 0.2) is 0 Å². The third kappa shape index (κ3) is 4.04. The first kappa shape index (κ1) is 13.9. The van der Waals surface area contributed by atoms with Crippen molar-refractivity contribution in [3.8, 4) is 0 Å². The summed E-state index contributed by atoms with van der Waals surface area (Å²) in [4.78, 5) is 4.92. The lowest BCUT2D eigenvalue weighted by Crippen LogP contribution is -2.52. The molecule has 0 aromatic heterocycles. The van der Waals surface area contributed by atoms with Gasteiger partial charge < -0.3 is 10.6 Å². The zero-order chi connectivity index (χ0) is 12.2. The maximum atomic E-state index is 5.67. The van der Waals surface area contributed by atoms with Crippen molar-refractivity contribution >= 4 is 0 Å². The molecule has 3 nitrogen and oxygen atoms in total. The Balaban J connectivity index is 2.47. The first-order chi connectivity index (χ1) is 7.45. The Hall–Kier alpha value is -0.120. The molecular weight excluding hydrogens is 198 g/mol. The molecule has 0 radical (unpaired) electrons. The summed E-state index contributed by atoms with van der Waals surface area (Å²) in [6.45, 7) is 9.16. The summed E-state index contributed by atoms with van der Waals surface area (Å²) in [6, 6.07) is 0. The SMILES string of the molecule is CN(C)CCN1CC(CCN)CCC1(C)C. The number of hydrogen-bond donors (Lipinski definition) is 1. The van der Waals surface area contributed by atoms with Crippen LogP contribution in [-0.2, 0) is 0 Å². The molecule has 1 aliphatic heterocycles. The Morgan fingerprint density at radius 2 is 2.06 bits per heavy atom. The number of likely N-dealkylation sites (tertiary alicyclic amines) is 1. The third-order valence-corrected chi connectivity index (χ3v) is 3.89. The maximum absolute atomic E-state index is 5.67. The fraction of sp³-hybridized carbons (Fsp3) is 1.00. The molecule has 1 fully saturated rings. The van der Waals surface area contributed by atoms with Crippen LogP contribution < -0.4 is 5.73 Å². The molecule has 0 aromatic rings. The van der Waals surface area contributed by atoms with Crippen LogP contribution in [0.1, 0.15) is 33.1 Å². The van der Waals surface area contributed by atoms with E-state index in [9.17, 15) is 0 Å². The minimum Gasteiger partial charge on any atom is -0.330 e. The number of nitrogens with zero attached hydrogens (tertiary/aromatic N) is 2. The number of rotatable bonds is 5. The van der Waals surface area contributed by atoms with Crippen LogP contribution in [0, 0.1) is 5.92 Å².